The Morgan fingerprint density at radius 3 is 2.38 bits per heavy atom. The molecule has 0 spiro atoms. The Bertz CT molecular complexity index is 730. The van der Waals surface area contributed by atoms with Gasteiger partial charge in [-0.15, -0.1) is 0 Å². The van der Waals surface area contributed by atoms with E-state index in [2.05, 4.69) is 5.32 Å². The number of anilines is 1. The molecule has 0 radical (unpaired) electrons. The second kappa shape index (κ2) is 8.71. The zero-order chi connectivity index (χ0) is 19.2. The summed E-state index contributed by atoms with van der Waals surface area (Å²) in [5, 5.41) is 2.79. The molecule has 0 saturated heterocycles. The number of carbonyl (C=O) groups is 1. The third-order valence-corrected chi connectivity index (χ3v) is 3.84. The van der Waals surface area contributed by atoms with Gasteiger partial charge in [0.1, 0.15) is 5.75 Å². The van der Waals surface area contributed by atoms with E-state index in [0.717, 1.165) is 17.7 Å². The minimum Gasteiger partial charge on any atom is -0.495 e. The van der Waals surface area contributed by atoms with Crippen molar-refractivity contribution in [1.82, 2.24) is 4.90 Å². The van der Waals surface area contributed by atoms with Gasteiger partial charge < -0.3 is 15.0 Å². The number of nitrogens with one attached hydrogen (secondary N) is 1. The van der Waals surface area contributed by atoms with Gasteiger partial charge in [0.25, 0.3) is 0 Å². The highest BCUT2D eigenvalue weighted by molar-refractivity contribution is 5.92. The molecular weight excluding hydrogens is 345 g/mol. The van der Waals surface area contributed by atoms with Crippen molar-refractivity contribution in [3.05, 3.63) is 59.7 Å². The molecule has 7 heteroatoms. The van der Waals surface area contributed by atoms with Crippen molar-refractivity contribution < 1.29 is 22.7 Å². The molecule has 0 atom stereocenters. The van der Waals surface area contributed by atoms with Crippen molar-refractivity contribution in [2.75, 3.05) is 26.0 Å². The molecule has 0 bridgehead atoms. The van der Waals surface area contributed by atoms with Crippen molar-refractivity contribution in [2.24, 2.45) is 0 Å². The van der Waals surface area contributed by atoms with E-state index in [1.165, 1.54) is 19.2 Å². The van der Waals surface area contributed by atoms with Crippen molar-refractivity contribution >= 4 is 11.6 Å². The van der Waals surface area contributed by atoms with Gasteiger partial charge in [-0.25, -0.2) is 0 Å². The fourth-order valence-electron chi connectivity index (χ4n) is 2.44. The number of hydrogen-bond donors (Lipinski definition) is 1. The highest BCUT2D eigenvalue weighted by Crippen LogP contribution is 2.29. The summed E-state index contributed by atoms with van der Waals surface area (Å²) < 4.78 is 42.9. The lowest BCUT2D eigenvalue weighted by molar-refractivity contribution is -0.137. The maximum Gasteiger partial charge on any atom is 0.416 e. The number of para-hydroxylation sites is 2. The van der Waals surface area contributed by atoms with Crippen LogP contribution in [0.3, 0.4) is 0 Å². The number of benzene rings is 2. The first-order valence-electron chi connectivity index (χ1n) is 8.07. The molecule has 0 aliphatic heterocycles. The Hall–Kier alpha value is -2.54. The number of ether oxygens (including phenoxy) is 1. The number of carbonyl (C=O) groups excluding carboxylic acids is 1. The van der Waals surface area contributed by atoms with E-state index in [1.54, 1.807) is 18.2 Å². The predicted molar refractivity (Wildman–Crippen MR) is 94.0 cm³/mol. The lowest BCUT2D eigenvalue weighted by Crippen LogP contribution is -2.24. The van der Waals surface area contributed by atoms with E-state index in [9.17, 15) is 18.0 Å². The zero-order valence-corrected chi connectivity index (χ0v) is 14.6. The van der Waals surface area contributed by atoms with Crippen LogP contribution in [0.25, 0.3) is 0 Å². The van der Waals surface area contributed by atoms with Gasteiger partial charge in [-0.3, -0.25) is 4.79 Å². The maximum atomic E-state index is 12.6. The van der Waals surface area contributed by atoms with E-state index in [1.807, 2.05) is 18.0 Å². The van der Waals surface area contributed by atoms with Crippen LogP contribution in [0.5, 0.6) is 5.75 Å². The molecule has 1 amide bonds. The molecule has 0 aromatic heterocycles. The fourth-order valence-corrected chi connectivity index (χ4v) is 2.44. The van der Waals surface area contributed by atoms with Gasteiger partial charge in [0.2, 0.25) is 5.91 Å². The fraction of sp³-hybridized carbons (Fsp3) is 0.316. The Morgan fingerprint density at radius 1 is 1.12 bits per heavy atom. The normalized spacial score (nSPS) is 11.5. The van der Waals surface area contributed by atoms with Crippen molar-refractivity contribution in [2.45, 2.75) is 19.1 Å². The van der Waals surface area contributed by atoms with Crippen molar-refractivity contribution in [3.8, 4) is 5.75 Å². The molecule has 4 nitrogen and oxygen atoms in total. The predicted octanol–water partition coefficient (Wildman–Crippen LogP) is 4.17. The van der Waals surface area contributed by atoms with Crippen LogP contribution in [0.2, 0.25) is 0 Å². The highest BCUT2D eigenvalue weighted by atomic mass is 19.4. The molecule has 2 aromatic rings. The standard InChI is InChI=1S/C19H21F3N2O2/c1-24(13-14-7-9-15(10-8-14)19(20,21)22)12-11-18(25)23-16-5-3-4-6-17(16)26-2/h3-10H,11-13H2,1-2H3,(H,23,25). The number of amides is 1. The molecule has 0 saturated carbocycles. The lowest BCUT2D eigenvalue weighted by atomic mass is 10.1. The number of halogens is 3. The summed E-state index contributed by atoms with van der Waals surface area (Å²) in [6.07, 6.45) is -4.07. The minimum absolute atomic E-state index is 0.159. The topological polar surface area (TPSA) is 41.6 Å². The van der Waals surface area contributed by atoms with Crippen molar-refractivity contribution in [1.29, 1.82) is 0 Å². The van der Waals surface area contributed by atoms with Crippen LogP contribution >= 0.6 is 0 Å². The molecule has 0 heterocycles. The summed E-state index contributed by atoms with van der Waals surface area (Å²) in [7, 11) is 3.34. The number of rotatable bonds is 7. The molecule has 0 aliphatic carbocycles. The Morgan fingerprint density at radius 2 is 1.77 bits per heavy atom. The van der Waals surface area contributed by atoms with E-state index >= 15 is 0 Å². The monoisotopic (exact) mass is 366 g/mol. The third-order valence-electron chi connectivity index (χ3n) is 3.84. The lowest BCUT2D eigenvalue weighted by Gasteiger charge is -2.17. The van der Waals surface area contributed by atoms with Crippen LogP contribution < -0.4 is 10.1 Å². The van der Waals surface area contributed by atoms with E-state index in [0.29, 0.717) is 24.5 Å². The number of hydrogen-bond acceptors (Lipinski definition) is 3. The Balaban J connectivity index is 1.82. The first-order chi connectivity index (χ1) is 12.3. The van der Waals surface area contributed by atoms with Crippen molar-refractivity contribution in [3.63, 3.8) is 0 Å². The molecule has 26 heavy (non-hydrogen) atoms. The van der Waals surface area contributed by atoms with Gasteiger partial charge in [0.15, 0.2) is 0 Å². The molecule has 0 unspecified atom stereocenters. The summed E-state index contributed by atoms with van der Waals surface area (Å²) in [5.41, 5.74) is 0.691. The molecule has 140 valence electrons. The van der Waals surface area contributed by atoms with Crippen LogP contribution in [-0.2, 0) is 17.5 Å². The summed E-state index contributed by atoms with van der Waals surface area (Å²) in [4.78, 5) is 14.0. The van der Waals surface area contributed by atoms with Crippen LogP contribution in [0.1, 0.15) is 17.5 Å². The second-order valence-electron chi connectivity index (χ2n) is 5.93. The van der Waals surface area contributed by atoms with Crippen LogP contribution in [-0.4, -0.2) is 31.5 Å². The van der Waals surface area contributed by atoms with E-state index < -0.39 is 11.7 Å². The molecule has 2 rings (SSSR count). The Kier molecular flexibility index (Phi) is 6.63. The molecule has 0 aliphatic rings. The smallest absolute Gasteiger partial charge is 0.416 e. The molecule has 2 aromatic carbocycles. The summed E-state index contributed by atoms with van der Waals surface area (Å²) >= 11 is 0. The first-order valence-corrected chi connectivity index (χ1v) is 8.07. The number of nitrogens with zero attached hydrogens (tertiary/aromatic N) is 1. The second-order valence-corrected chi connectivity index (χ2v) is 5.93. The first kappa shape index (κ1) is 19.8. The van der Waals surface area contributed by atoms with Gasteiger partial charge >= 0.3 is 6.18 Å². The van der Waals surface area contributed by atoms with Gasteiger partial charge in [-0.2, -0.15) is 13.2 Å². The summed E-state index contributed by atoms with van der Waals surface area (Å²) in [6.45, 7) is 0.933. The summed E-state index contributed by atoms with van der Waals surface area (Å²) in [5.74, 6) is 0.424. The van der Waals surface area contributed by atoms with E-state index in [4.69, 9.17) is 4.74 Å². The number of methoxy groups -OCH3 is 1. The zero-order valence-electron chi connectivity index (χ0n) is 14.6. The maximum absolute atomic E-state index is 12.6. The number of alkyl halides is 3. The van der Waals surface area contributed by atoms with Crippen LogP contribution in [0.4, 0.5) is 18.9 Å². The largest absolute Gasteiger partial charge is 0.495 e. The quantitative estimate of drug-likeness (QED) is 0.800. The minimum atomic E-state index is -4.33. The van der Waals surface area contributed by atoms with Gasteiger partial charge in [0.05, 0.1) is 18.4 Å². The highest BCUT2D eigenvalue weighted by Gasteiger charge is 2.29. The van der Waals surface area contributed by atoms with Gasteiger partial charge in [-0.05, 0) is 36.9 Å². The third kappa shape index (κ3) is 5.77. The van der Waals surface area contributed by atoms with Crippen LogP contribution in [0.15, 0.2) is 48.5 Å². The average Bonchev–Trinajstić information content (AvgIpc) is 2.60. The molecule has 1 N–H and O–H groups in total. The SMILES string of the molecule is COc1ccccc1NC(=O)CCN(C)Cc1ccc(C(F)(F)F)cc1. The van der Waals surface area contributed by atoms with Crippen LogP contribution in [0, 0.1) is 0 Å². The average molecular weight is 366 g/mol. The Labute approximate surface area is 150 Å². The van der Waals surface area contributed by atoms with Gasteiger partial charge in [0, 0.05) is 19.5 Å². The molecular formula is C19H21F3N2O2. The van der Waals surface area contributed by atoms with E-state index in [-0.39, 0.29) is 12.3 Å². The van der Waals surface area contributed by atoms with Gasteiger partial charge in [-0.1, -0.05) is 24.3 Å². The molecule has 0 fully saturated rings. The summed E-state index contributed by atoms with van der Waals surface area (Å²) in [6, 6.07) is 12.2.